The van der Waals surface area contributed by atoms with Crippen LogP contribution < -0.4 is 15.5 Å². The maximum absolute atomic E-state index is 5.42. The molecule has 4 nitrogen and oxygen atoms in total. The molecule has 14 heavy (non-hydrogen) atoms. The molecule has 0 saturated carbocycles. The van der Waals surface area contributed by atoms with Gasteiger partial charge in [-0.2, -0.15) is 10.2 Å². The second-order valence-electron chi connectivity index (χ2n) is 3.00. The third-order valence-corrected chi connectivity index (χ3v) is 2.18. The van der Waals surface area contributed by atoms with Gasteiger partial charge < -0.3 is 4.74 Å². The van der Waals surface area contributed by atoms with Crippen LogP contribution in [0.15, 0.2) is 33.4 Å². The van der Waals surface area contributed by atoms with Gasteiger partial charge in [0.25, 0.3) is 0 Å². The summed E-state index contributed by atoms with van der Waals surface area (Å²) in [6, 6.07) is 3.80. The van der Waals surface area contributed by atoms with E-state index in [9.17, 15) is 0 Å². The van der Waals surface area contributed by atoms with Crippen LogP contribution in [-0.2, 0) is 0 Å². The van der Waals surface area contributed by atoms with E-state index in [1.807, 2.05) is 24.3 Å². The van der Waals surface area contributed by atoms with Crippen molar-refractivity contribution in [2.45, 2.75) is 0 Å². The maximum Gasteiger partial charge on any atom is 0.180 e. The van der Waals surface area contributed by atoms with E-state index >= 15 is 0 Å². The number of ether oxygens (including phenoxy) is 1. The van der Waals surface area contributed by atoms with E-state index in [1.165, 1.54) is 0 Å². The molecule has 4 heteroatoms. The molecule has 0 aromatic heterocycles. The highest BCUT2D eigenvalue weighted by Gasteiger charge is 2.11. The molecule has 1 aromatic rings. The highest BCUT2D eigenvalue weighted by molar-refractivity contribution is 5.79. The number of nitrogens with zero attached hydrogens (tertiary/aromatic N) is 3. The summed E-state index contributed by atoms with van der Waals surface area (Å²) < 4.78 is 5.42. The molecule has 3 rings (SSSR count). The van der Waals surface area contributed by atoms with Gasteiger partial charge in [-0.3, -0.25) is 0 Å². The van der Waals surface area contributed by atoms with Crippen LogP contribution in [0.2, 0.25) is 0 Å². The molecule has 0 aliphatic carbocycles. The van der Waals surface area contributed by atoms with Gasteiger partial charge in [-0.1, -0.05) is 0 Å². The van der Waals surface area contributed by atoms with E-state index in [1.54, 1.807) is 6.21 Å². The molecule has 0 unspecified atom stereocenters. The topological polar surface area (TPSA) is 46.3 Å². The smallest absolute Gasteiger partial charge is 0.180 e. The van der Waals surface area contributed by atoms with Crippen molar-refractivity contribution in [3.8, 4) is 5.75 Å². The highest BCUT2D eigenvalue weighted by atomic mass is 16.5. The average molecular weight is 185 g/mol. The van der Waals surface area contributed by atoms with Crippen molar-refractivity contribution < 1.29 is 4.74 Å². The standard InChI is InChI=1S/C10H7N3O/c1-2-7-8(13-12-5-1)3-4-9-10(7)14-6-11-9/h1-5H,6H2. The molecular weight excluding hydrogens is 178 g/mol. The molecule has 2 heterocycles. The Morgan fingerprint density at radius 1 is 1.21 bits per heavy atom. The molecule has 68 valence electrons. The molecule has 0 bridgehead atoms. The minimum Gasteiger partial charge on any atom is -0.468 e. The molecule has 0 saturated heterocycles. The Balaban J connectivity index is 2.42. The first-order valence-corrected chi connectivity index (χ1v) is 4.33. The summed E-state index contributed by atoms with van der Waals surface area (Å²) in [5, 5.41) is 9.63. The SMILES string of the molecule is C1=Cc2c3c(ccc2=NN=C1)=NCO3. The third kappa shape index (κ3) is 0.970. The zero-order valence-corrected chi connectivity index (χ0v) is 7.34. The highest BCUT2D eigenvalue weighted by Crippen LogP contribution is 2.14. The summed E-state index contributed by atoms with van der Waals surface area (Å²) in [4.78, 5) is 4.20. The zero-order valence-electron chi connectivity index (χ0n) is 7.34. The fraction of sp³-hybridized carbons (Fsp3) is 0.100. The Morgan fingerprint density at radius 2 is 2.14 bits per heavy atom. The predicted octanol–water partition coefficient (Wildman–Crippen LogP) is 0.288. The van der Waals surface area contributed by atoms with Crippen molar-refractivity contribution in [2.75, 3.05) is 6.73 Å². The number of allylic oxidation sites excluding steroid dienone is 1. The minimum atomic E-state index is 0.403. The second kappa shape index (κ2) is 2.77. The van der Waals surface area contributed by atoms with Crippen molar-refractivity contribution in [1.29, 1.82) is 0 Å². The lowest BCUT2D eigenvalue weighted by molar-refractivity contribution is 0.351. The lowest BCUT2D eigenvalue weighted by atomic mass is 10.1. The van der Waals surface area contributed by atoms with E-state index in [0.29, 0.717) is 6.73 Å². The van der Waals surface area contributed by atoms with E-state index < -0.39 is 0 Å². The van der Waals surface area contributed by atoms with Crippen molar-refractivity contribution in [1.82, 2.24) is 0 Å². The minimum absolute atomic E-state index is 0.403. The van der Waals surface area contributed by atoms with Crippen LogP contribution in [-0.4, -0.2) is 12.9 Å². The van der Waals surface area contributed by atoms with Crippen LogP contribution in [0.4, 0.5) is 0 Å². The van der Waals surface area contributed by atoms with E-state index in [-0.39, 0.29) is 0 Å². The lowest BCUT2D eigenvalue weighted by Crippen LogP contribution is -2.12. The number of hydrogen-bond acceptors (Lipinski definition) is 4. The molecule has 0 atom stereocenters. The fourth-order valence-corrected chi connectivity index (χ4v) is 1.54. The maximum atomic E-state index is 5.42. The van der Waals surface area contributed by atoms with Gasteiger partial charge in [0.05, 0.1) is 5.36 Å². The Kier molecular flexibility index (Phi) is 1.47. The van der Waals surface area contributed by atoms with Crippen molar-refractivity contribution in [2.24, 2.45) is 15.2 Å². The average Bonchev–Trinajstić information content (AvgIpc) is 2.55. The first-order valence-electron chi connectivity index (χ1n) is 4.33. The van der Waals surface area contributed by atoms with Gasteiger partial charge in [0.1, 0.15) is 5.36 Å². The molecule has 0 N–H and O–H groups in total. The van der Waals surface area contributed by atoms with Gasteiger partial charge in [-0.25, -0.2) is 4.99 Å². The van der Waals surface area contributed by atoms with Crippen molar-refractivity contribution in [3.63, 3.8) is 0 Å². The number of fused-ring (bicyclic) bond motifs is 3. The van der Waals surface area contributed by atoms with Gasteiger partial charge in [0.2, 0.25) is 0 Å². The molecule has 0 amide bonds. The Hall–Kier alpha value is -1.97. The van der Waals surface area contributed by atoms with Gasteiger partial charge >= 0.3 is 0 Å². The summed E-state index contributed by atoms with van der Waals surface area (Å²) in [6.07, 6.45) is 5.44. The van der Waals surface area contributed by atoms with Gasteiger partial charge in [0.15, 0.2) is 12.5 Å². The van der Waals surface area contributed by atoms with E-state index in [4.69, 9.17) is 4.74 Å². The van der Waals surface area contributed by atoms with Gasteiger partial charge in [-0.15, -0.1) is 0 Å². The molecule has 2 aliphatic rings. The molecule has 0 spiro atoms. The largest absolute Gasteiger partial charge is 0.468 e. The predicted molar refractivity (Wildman–Crippen MR) is 51.8 cm³/mol. The zero-order chi connectivity index (χ0) is 9.38. The van der Waals surface area contributed by atoms with E-state index in [0.717, 1.165) is 22.0 Å². The van der Waals surface area contributed by atoms with Crippen molar-refractivity contribution in [3.05, 3.63) is 34.5 Å². The lowest BCUT2D eigenvalue weighted by Gasteiger charge is -1.99. The summed E-state index contributed by atoms with van der Waals surface area (Å²) in [6.45, 7) is 0.403. The summed E-state index contributed by atoms with van der Waals surface area (Å²) in [5.74, 6) is 0.813. The van der Waals surface area contributed by atoms with Gasteiger partial charge in [-0.05, 0) is 24.3 Å². The summed E-state index contributed by atoms with van der Waals surface area (Å²) in [7, 11) is 0. The quantitative estimate of drug-likeness (QED) is 0.573. The molecule has 1 aromatic carbocycles. The first kappa shape index (κ1) is 7.44. The molecule has 0 radical (unpaired) electrons. The Bertz CT molecular complexity index is 557. The molecular formula is C10H7N3O. The van der Waals surface area contributed by atoms with Crippen LogP contribution in [0.25, 0.3) is 6.08 Å². The number of hydrogen-bond donors (Lipinski definition) is 0. The van der Waals surface area contributed by atoms with E-state index in [2.05, 4.69) is 15.2 Å². The van der Waals surface area contributed by atoms with Crippen LogP contribution in [0.1, 0.15) is 5.56 Å². The Morgan fingerprint density at radius 3 is 3.14 bits per heavy atom. The molecule has 0 fully saturated rings. The molecule has 2 aliphatic heterocycles. The number of benzene rings is 1. The summed E-state index contributed by atoms with van der Waals surface area (Å²) in [5.41, 5.74) is 0.959. The normalized spacial score (nSPS) is 16.0. The van der Waals surface area contributed by atoms with Crippen LogP contribution in [0, 0.1) is 0 Å². The third-order valence-electron chi connectivity index (χ3n) is 2.18. The van der Waals surface area contributed by atoms with Crippen LogP contribution in [0.5, 0.6) is 5.75 Å². The Labute approximate surface area is 80.0 Å². The monoisotopic (exact) mass is 185 g/mol. The number of rotatable bonds is 0. The fourth-order valence-electron chi connectivity index (χ4n) is 1.54. The van der Waals surface area contributed by atoms with Crippen LogP contribution >= 0.6 is 0 Å². The first-order chi connectivity index (χ1) is 6.95. The summed E-state index contributed by atoms with van der Waals surface area (Å²) >= 11 is 0. The van der Waals surface area contributed by atoms with Crippen molar-refractivity contribution >= 4 is 12.3 Å². The van der Waals surface area contributed by atoms with Gasteiger partial charge in [0, 0.05) is 11.8 Å². The second-order valence-corrected chi connectivity index (χ2v) is 3.00. The van der Waals surface area contributed by atoms with Crippen LogP contribution in [0.3, 0.4) is 0 Å².